The second kappa shape index (κ2) is 6.00. The molecule has 1 aromatic carbocycles. The topological polar surface area (TPSA) is 48.1 Å². The highest BCUT2D eigenvalue weighted by Crippen LogP contribution is 2.19. The van der Waals surface area contributed by atoms with Gasteiger partial charge in [-0.1, -0.05) is 6.92 Å². The Morgan fingerprint density at radius 3 is 2.62 bits per heavy atom. The third kappa shape index (κ3) is 3.01. The first-order valence-corrected chi connectivity index (χ1v) is 7.76. The van der Waals surface area contributed by atoms with Gasteiger partial charge in [0.1, 0.15) is 0 Å². The quantitative estimate of drug-likeness (QED) is 0.904. The number of rotatable bonds is 3. The van der Waals surface area contributed by atoms with Gasteiger partial charge >= 0.3 is 0 Å². The molecule has 1 aromatic heterocycles. The molecule has 112 valence electrons. The van der Waals surface area contributed by atoms with E-state index in [2.05, 4.69) is 34.3 Å². The molecular formula is C17H23N3O. The van der Waals surface area contributed by atoms with Gasteiger partial charge in [-0.25, -0.2) is 0 Å². The summed E-state index contributed by atoms with van der Waals surface area (Å²) >= 11 is 0. The second-order valence-corrected chi connectivity index (χ2v) is 5.87. The molecule has 1 saturated heterocycles. The highest BCUT2D eigenvalue weighted by Gasteiger charge is 2.12. The van der Waals surface area contributed by atoms with Gasteiger partial charge in [0, 0.05) is 43.8 Å². The van der Waals surface area contributed by atoms with Gasteiger partial charge in [-0.05, 0) is 48.1 Å². The summed E-state index contributed by atoms with van der Waals surface area (Å²) in [5.41, 5.74) is 4.46. The number of aromatic amines is 1. The average Bonchev–Trinajstić information content (AvgIpc) is 2.49. The van der Waals surface area contributed by atoms with Crippen molar-refractivity contribution in [3.05, 3.63) is 45.2 Å². The number of pyridine rings is 1. The van der Waals surface area contributed by atoms with Crippen LogP contribution in [0.3, 0.4) is 0 Å². The Kier molecular flexibility index (Phi) is 4.08. The van der Waals surface area contributed by atoms with Crippen LogP contribution >= 0.6 is 0 Å². The molecule has 1 aliphatic heterocycles. The Balaban J connectivity index is 1.96. The monoisotopic (exact) mass is 285 g/mol. The normalized spacial score (nSPS) is 16.5. The summed E-state index contributed by atoms with van der Waals surface area (Å²) in [4.78, 5) is 17.5. The molecule has 1 aliphatic rings. The molecule has 0 bridgehead atoms. The van der Waals surface area contributed by atoms with Gasteiger partial charge in [-0.3, -0.25) is 9.69 Å². The van der Waals surface area contributed by atoms with Crippen molar-refractivity contribution in [2.45, 2.75) is 26.8 Å². The van der Waals surface area contributed by atoms with E-state index in [-0.39, 0.29) is 5.56 Å². The number of nitrogens with zero attached hydrogens (tertiary/aromatic N) is 1. The number of H-pyrrole nitrogens is 1. The van der Waals surface area contributed by atoms with Crippen LogP contribution in [0.25, 0.3) is 10.9 Å². The fourth-order valence-corrected chi connectivity index (χ4v) is 3.00. The third-order valence-electron chi connectivity index (χ3n) is 4.36. The zero-order valence-electron chi connectivity index (χ0n) is 12.8. The second-order valence-electron chi connectivity index (χ2n) is 5.87. The highest BCUT2D eigenvalue weighted by atomic mass is 16.1. The van der Waals surface area contributed by atoms with Crippen molar-refractivity contribution in [3.8, 4) is 0 Å². The minimum Gasteiger partial charge on any atom is -0.322 e. The van der Waals surface area contributed by atoms with E-state index in [1.54, 1.807) is 0 Å². The largest absolute Gasteiger partial charge is 0.322 e. The van der Waals surface area contributed by atoms with Crippen molar-refractivity contribution in [2.24, 2.45) is 0 Å². The SMILES string of the molecule is CCc1cc2cc(C)c(CN3CCNCC3)cc2[nH]c1=O. The molecular weight excluding hydrogens is 262 g/mol. The van der Waals surface area contributed by atoms with Crippen molar-refractivity contribution in [1.82, 2.24) is 15.2 Å². The van der Waals surface area contributed by atoms with Gasteiger partial charge in [0.2, 0.25) is 0 Å². The zero-order valence-corrected chi connectivity index (χ0v) is 12.8. The van der Waals surface area contributed by atoms with Gasteiger partial charge in [0.15, 0.2) is 0 Å². The lowest BCUT2D eigenvalue weighted by atomic mass is 10.0. The number of hydrogen-bond donors (Lipinski definition) is 2. The Morgan fingerprint density at radius 1 is 1.14 bits per heavy atom. The Bertz CT molecular complexity index is 699. The van der Waals surface area contributed by atoms with Crippen LogP contribution in [0.15, 0.2) is 23.0 Å². The number of hydrogen-bond acceptors (Lipinski definition) is 3. The van der Waals surface area contributed by atoms with E-state index in [4.69, 9.17) is 0 Å². The Hall–Kier alpha value is -1.65. The van der Waals surface area contributed by atoms with Crippen LogP contribution in [0.1, 0.15) is 23.6 Å². The first kappa shape index (κ1) is 14.3. The summed E-state index contributed by atoms with van der Waals surface area (Å²) in [5, 5.41) is 4.51. The number of nitrogens with one attached hydrogen (secondary N) is 2. The van der Waals surface area contributed by atoms with E-state index >= 15 is 0 Å². The minimum absolute atomic E-state index is 0.0435. The maximum Gasteiger partial charge on any atom is 0.251 e. The zero-order chi connectivity index (χ0) is 14.8. The standard InChI is InChI=1S/C17H23N3O/c1-3-13-9-14-8-12(2)15(10-16(14)19-17(13)21)11-20-6-4-18-5-7-20/h8-10,18H,3-7,11H2,1-2H3,(H,19,21). The molecule has 2 N–H and O–H groups in total. The summed E-state index contributed by atoms with van der Waals surface area (Å²) in [6, 6.07) is 6.37. The molecule has 0 atom stereocenters. The van der Waals surface area contributed by atoms with Gasteiger partial charge < -0.3 is 10.3 Å². The summed E-state index contributed by atoms with van der Waals surface area (Å²) in [5.74, 6) is 0. The number of aryl methyl sites for hydroxylation is 2. The lowest BCUT2D eigenvalue weighted by Crippen LogP contribution is -2.43. The van der Waals surface area contributed by atoms with Gasteiger partial charge in [-0.15, -0.1) is 0 Å². The maximum atomic E-state index is 12.0. The van der Waals surface area contributed by atoms with Crippen LogP contribution < -0.4 is 10.9 Å². The molecule has 0 unspecified atom stereocenters. The van der Waals surface area contributed by atoms with Crippen molar-refractivity contribution in [1.29, 1.82) is 0 Å². The van der Waals surface area contributed by atoms with Crippen LogP contribution in [-0.2, 0) is 13.0 Å². The van der Waals surface area contributed by atoms with Gasteiger partial charge in [-0.2, -0.15) is 0 Å². The number of aromatic nitrogens is 1. The molecule has 0 radical (unpaired) electrons. The molecule has 0 aliphatic carbocycles. The molecule has 3 rings (SSSR count). The summed E-state index contributed by atoms with van der Waals surface area (Å²) in [7, 11) is 0. The summed E-state index contributed by atoms with van der Waals surface area (Å²) < 4.78 is 0. The first-order valence-electron chi connectivity index (χ1n) is 7.76. The molecule has 0 spiro atoms. The number of fused-ring (bicyclic) bond motifs is 1. The van der Waals surface area contributed by atoms with E-state index in [0.29, 0.717) is 0 Å². The fraction of sp³-hybridized carbons (Fsp3) is 0.471. The Labute approximate surface area is 125 Å². The molecule has 0 amide bonds. The van der Waals surface area contributed by atoms with Crippen molar-refractivity contribution >= 4 is 10.9 Å². The van der Waals surface area contributed by atoms with Crippen LogP contribution in [-0.4, -0.2) is 36.1 Å². The van der Waals surface area contributed by atoms with Gasteiger partial charge in [0.25, 0.3) is 5.56 Å². The molecule has 2 heterocycles. The van der Waals surface area contributed by atoms with Crippen molar-refractivity contribution in [2.75, 3.05) is 26.2 Å². The highest BCUT2D eigenvalue weighted by molar-refractivity contribution is 5.80. The Morgan fingerprint density at radius 2 is 1.90 bits per heavy atom. The van der Waals surface area contributed by atoms with E-state index in [0.717, 1.165) is 55.6 Å². The van der Waals surface area contributed by atoms with E-state index in [1.807, 2.05) is 13.0 Å². The van der Waals surface area contributed by atoms with Crippen LogP contribution in [0.2, 0.25) is 0 Å². The fourth-order valence-electron chi connectivity index (χ4n) is 3.00. The lowest BCUT2D eigenvalue weighted by Gasteiger charge is -2.27. The molecule has 0 saturated carbocycles. The maximum absolute atomic E-state index is 12.0. The average molecular weight is 285 g/mol. The number of piperazine rings is 1. The van der Waals surface area contributed by atoms with E-state index in [9.17, 15) is 4.79 Å². The summed E-state index contributed by atoms with van der Waals surface area (Å²) in [6.07, 6.45) is 0.771. The van der Waals surface area contributed by atoms with Crippen LogP contribution in [0.4, 0.5) is 0 Å². The first-order chi connectivity index (χ1) is 10.2. The summed E-state index contributed by atoms with van der Waals surface area (Å²) in [6.45, 7) is 9.43. The lowest BCUT2D eigenvalue weighted by molar-refractivity contribution is 0.233. The molecule has 4 nitrogen and oxygen atoms in total. The molecule has 2 aromatic rings. The van der Waals surface area contributed by atoms with E-state index in [1.165, 1.54) is 11.1 Å². The number of benzene rings is 1. The molecule has 4 heteroatoms. The molecule has 21 heavy (non-hydrogen) atoms. The minimum atomic E-state index is 0.0435. The van der Waals surface area contributed by atoms with E-state index < -0.39 is 0 Å². The van der Waals surface area contributed by atoms with Crippen LogP contribution in [0.5, 0.6) is 0 Å². The van der Waals surface area contributed by atoms with Crippen molar-refractivity contribution in [3.63, 3.8) is 0 Å². The van der Waals surface area contributed by atoms with Gasteiger partial charge in [0.05, 0.1) is 0 Å². The van der Waals surface area contributed by atoms with Crippen LogP contribution in [0, 0.1) is 6.92 Å². The third-order valence-corrected chi connectivity index (χ3v) is 4.36. The smallest absolute Gasteiger partial charge is 0.251 e. The molecule has 1 fully saturated rings. The predicted molar refractivity (Wildman–Crippen MR) is 86.8 cm³/mol. The van der Waals surface area contributed by atoms with Crippen molar-refractivity contribution < 1.29 is 0 Å². The predicted octanol–water partition coefficient (Wildman–Crippen LogP) is 1.80.